The highest BCUT2D eigenvalue weighted by Crippen LogP contribution is 2.26. The molecular weight excluding hydrogens is 217 g/mol. The third kappa shape index (κ3) is 2.05. The summed E-state index contributed by atoms with van der Waals surface area (Å²) >= 11 is 5.92. The zero-order valence-electron chi connectivity index (χ0n) is 7.61. The Hall–Kier alpha value is -1.68. The zero-order valence-corrected chi connectivity index (χ0v) is 8.37. The summed E-state index contributed by atoms with van der Waals surface area (Å²) < 4.78 is 13.0. The normalized spacial score (nSPS) is 10.3. The number of hydrogen-bond acceptors (Lipinski definition) is 3. The Labute approximate surface area is 90.7 Å². The molecule has 0 atom stereocenters. The van der Waals surface area contributed by atoms with Crippen molar-refractivity contribution in [3.05, 3.63) is 41.3 Å². The third-order valence-electron chi connectivity index (χ3n) is 1.88. The smallest absolute Gasteiger partial charge is 0.220 e. The van der Waals surface area contributed by atoms with E-state index >= 15 is 0 Å². The molecule has 2 N–H and O–H groups in total. The lowest BCUT2D eigenvalue weighted by atomic mass is 10.1. The first kappa shape index (κ1) is 9.86. The summed E-state index contributed by atoms with van der Waals surface area (Å²) in [5, 5.41) is 0.425. The van der Waals surface area contributed by atoms with Crippen LogP contribution in [0.2, 0.25) is 5.02 Å². The fourth-order valence-electron chi connectivity index (χ4n) is 1.22. The average molecular weight is 224 g/mol. The van der Waals surface area contributed by atoms with Gasteiger partial charge in [0, 0.05) is 11.8 Å². The highest BCUT2D eigenvalue weighted by molar-refractivity contribution is 6.33. The molecule has 2 rings (SSSR count). The Balaban J connectivity index is 2.58. The summed E-state index contributed by atoms with van der Waals surface area (Å²) in [6, 6.07) is 5.70. The number of nitrogen functional groups attached to an aromatic ring is 1. The van der Waals surface area contributed by atoms with E-state index in [-0.39, 0.29) is 11.8 Å². The highest BCUT2D eigenvalue weighted by Gasteiger charge is 2.06. The van der Waals surface area contributed by atoms with Gasteiger partial charge in [-0.1, -0.05) is 11.6 Å². The zero-order chi connectivity index (χ0) is 10.8. The van der Waals surface area contributed by atoms with E-state index in [4.69, 9.17) is 17.3 Å². The number of aromatic nitrogens is 2. The predicted octanol–water partition coefficient (Wildman–Crippen LogP) is 2.52. The second-order valence-corrected chi connectivity index (χ2v) is 3.33. The maximum Gasteiger partial charge on any atom is 0.220 e. The summed E-state index contributed by atoms with van der Waals surface area (Å²) in [6.07, 6.45) is 1.50. The molecule has 1 aromatic heterocycles. The molecule has 2 aromatic rings. The van der Waals surface area contributed by atoms with Crippen LogP contribution in [0.25, 0.3) is 11.3 Å². The summed E-state index contributed by atoms with van der Waals surface area (Å²) in [7, 11) is 0. The minimum atomic E-state index is -0.369. The van der Waals surface area contributed by atoms with Crippen molar-refractivity contribution in [2.45, 2.75) is 0 Å². The quantitative estimate of drug-likeness (QED) is 0.808. The van der Waals surface area contributed by atoms with Crippen LogP contribution in [0, 0.1) is 5.82 Å². The van der Waals surface area contributed by atoms with Gasteiger partial charge < -0.3 is 5.73 Å². The summed E-state index contributed by atoms with van der Waals surface area (Å²) in [6.45, 7) is 0. The molecule has 3 nitrogen and oxygen atoms in total. The molecule has 76 valence electrons. The molecule has 0 saturated carbocycles. The van der Waals surface area contributed by atoms with E-state index in [9.17, 15) is 4.39 Å². The van der Waals surface area contributed by atoms with Crippen molar-refractivity contribution in [2.24, 2.45) is 0 Å². The number of nitrogens with zero attached hydrogens (tertiary/aromatic N) is 2. The minimum Gasteiger partial charge on any atom is -0.368 e. The van der Waals surface area contributed by atoms with Crippen molar-refractivity contribution in [3.63, 3.8) is 0 Å². The Kier molecular flexibility index (Phi) is 2.51. The summed E-state index contributed by atoms with van der Waals surface area (Å²) in [5.41, 5.74) is 6.44. The molecule has 0 aliphatic carbocycles. The van der Waals surface area contributed by atoms with Crippen molar-refractivity contribution in [2.75, 3.05) is 5.73 Å². The van der Waals surface area contributed by atoms with Gasteiger partial charge in [0.2, 0.25) is 5.95 Å². The molecule has 5 heteroatoms. The topological polar surface area (TPSA) is 51.8 Å². The van der Waals surface area contributed by atoms with Gasteiger partial charge in [0.05, 0.1) is 10.7 Å². The molecule has 0 spiro atoms. The maximum atomic E-state index is 13.0. The van der Waals surface area contributed by atoms with Crippen molar-refractivity contribution in [1.29, 1.82) is 0 Å². The van der Waals surface area contributed by atoms with Gasteiger partial charge in [0.15, 0.2) is 0 Å². The SMILES string of the molecule is Nc1nccc(-c2cc(F)ccc2Cl)n1. The molecule has 0 bridgehead atoms. The fourth-order valence-corrected chi connectivity index (χ4v) is 1.43. The Bertz CT molecular complexity index is 502. The van der Waals surface area contributed by atoms with Crippen LogP contribution in [-0.2, 0) is 0 Å². The molecule has 0 radical (unpaired) electrons. The molecule has 0 saturated heterocycles. The molecule has 1 aromatic carbocycles. The van der Waals surface area contributed by atoms with Crippen molar-refractivity contribution < 1.29 is 4.39 Å². The van der Waals surface area contributed by atoms with Gasteiger partial charge in [-0.15, -0.1) is 0 Å². The van der Waals surface area contributed by atoms with Gasteiger partial charge in [-0.3, -0.25) is 0 Å². The van der Waals surface area contributed by atoms with Gasteiger partial charge >= 0.3 is 0 Å². The van der Waals surface area contributed by atoms with E-state index in [0.717, 1.165) is 0 Å². The van der Waals surface area contributed by atoms with E-state index in [1.54, 1.807) is 6.07 Å². The molecule has 0 unspecified atom stereocenters. The second kappa shape index (κ2) is 3.82. The van der Waals surface area contributed by atoms with E-state index in [2.05, 4.69) is 9.97 Å². The standard InChI is InChI=1S/C10H7ClFN3/c11-8-2-1-6(12)5-7(8)9-3-4-14-10(13)15-9/h1-5H,(H2,13,14,15). The molecule has 15 heavy (non-hydrogen) atoms. The van der Waals surface area contributed by atoms with Gasteiger partial charge in [0.25, 0.3) is 0 Å². The Morgan fingerprint density at radius 3 is 2.80 bits per heavy atom. The number of hydrogen-bond donors (Lipinski definition) is 1. The van der Waals surface area contributed by atoms with Crippen LogP contribution in [-0.4, -0.2) is 9.97 Å². The van der Waals surface area contributed by atoms with E-state index in [1.807, 2.05) is 0 Å². The van der Waals surface area contributed by atoms with Crippen LogP contribution in [0.3, 0.4) is 0 Å². The van der Waals surface area contributed by atoms with Crippen LogP contribution in [0.4, 0.5) is 10.3 Å². The van der Waals surface area contributed by atoms with Crippen LogP contribution >= 0.6 is 11.6 Å². The van der Waals surface area contributed by atoms with E-state index in [1.165, 1.54) is 24.4 Å². The number of benzene rings is 1. The minimum absolute atomic E-state index is 0.132. The van der Waals surface area contributed by atoms with Crippen LogP contribution in [0.5, 0.6) is 0 Å². The molecule has 0 amide bonds. The number of anilines is 1. The number of rotatable bonds is 1. The van der Waals surface area contributed by atoms with Crippen LogP contribution in [0.15, 0.2) is 30.5 Å². The lowest BCUT2D eigenvalue weighted by Crippen LogP contribution is -1.95. The van der Waals surface area contributed by atoms with Gasteiger partial charge in [-0.2, -0.15) is 0 Å². The molecule has 0 aliphatic rings. The van der Waals surface area contributed by atoms with Gasteiger partial charge in [0.1, 0.15) is 5.82 Å². The van der Waals surface area contributed by atoms with Crippen LogP contribution < -0.4 is 5.73 Å². The molecule has 0 aliphatic heterocycles. The summed E-state index contributed by atoms with van der Waals surface area (Å²) in [4.78, 5) is 7.71. The maximum absolute atomic E-state index is 13.0. The first-order valence-electron chi connectivity index (χ1n) is 4.21. The first-order valence-corrected chi connectivity index (χ1v) is 4.58. The molecule has 0 fully saturated rings. The Morgan fingerprint density at radius 1 is 1.27 bits per heavy atom. The van der Waals surface area contributed by atoms with Gasteiger partial charge in [-0.25, -0.2) is 14.4 Å². The monoisotopic (exact) mass is 223 g/mol. The lowest BCUT2D eigenvalue weighted by molar-refractivity contribution is 0.628. The molecule has 1 heterocycles. The Morgan fingerprint density at radius 2 is 2.07 bits per heavy atom. The number of halogens is 2. The average Bonchev–Trinajstić information content (AvgIpc) is 2.22. The van der Waals surface area contributed by atoms with Crippen molar-refractivity contribution >= 4 is 17.5 Å². The highest BCUT2D eigenvalue weighted by atomic mass is 35.5. The lowest BCUT2D eigenvalue weighted by Gasteiger charge is -2.03. The summed E-state index contributed by atoms with van der Waals surface area (Å²) in [5.74, 6) is -0.237. The van der Waals surface area contributed by atoms with Gasteiger partial charge in [-0.05, 0) is 24.3 Å². The van der Waals surface area contributed by atoms with E-state index in [0.29, 0.717) is 16.3 Å². The van der Waals surface area contributed by atoms with E-state index < -0.39 is 0 Å². The number of nitrogens with two attached hydrogens (primary N) is 1. The van der Waals surface area contributed by atoms with Crippen molar-refractivity contribution in [1.82, 2.24) is 9.97 Å². The largest absolute Gasteiger partial charge is 0.368 e. The third-order valence-corrected chi connectivity index (χ3v) is 2.21. The van der Waals surface area contributed by atoms with Crippen molar-refractivity contribution in [3.8, 4) is 11.3 Å². The molecular formula is C10H7ClFN3. The fraction of sp³-hybridized carbons (Fsp3) is 0. The first-order chi connectivity index (χ1) is 7.16. The second-order valence-electron chi connectivity index (χ2n) is 2.92. The van der Waals surface area contributed by atoms with Crippen LogP contribution in [0.1, 0.15) is 0 Å². The predicted molar refractivity (Wildman–Crippen MR) is 56.8 cm³/mol.